The molecule has 4 rings (SSSR count). The highest BCUT2D eigenvalue weighted by Crippen LogP contribution is 2.21. The third kappa shape index (κ3) is 4.05. The van der Waals surface area contributed by atoms with Gasteiger partial charge in [0.25, 0.3) is 0 Å². The lowest BCUT2D eigenvalue weighted by Crippen LogP contribution is -1.97. The second-order valence-electron chi connectivity index (χ2n) is 6.39. The molecule has 0 aliphatic rings. The molecule has 0 amide bonds. The molecule has 0 saturated heterocycles. The predicted molar refractivity (Wildman–Crippen MR) is 105 cm³/mol. The highest BCUT2D eigenvalue weighted by atomic mass is 16.5. The summed E-state index contributed by atoms with van der Waals surface area (Å²) >= 11 is 0. The zero-order valence-electron chi connectivity index (χ0n) is 15.2. The summed E-state index contributed by atoms with van der Waals surface area (Å²) < 4.78 is 13.1. The monoisotopic (exact) mass is 359 g/mol. The van der Waals surface area contributed by atoms with Gasteiger partial charge in [-0.25, -0.2) is 4.98 Å². The van der Waals surface area contributed by atoms with Crippen molar-refractivity contribution in [1.82, 2.24) is 14.5 Å². The van der Waals surface area contributed by atoms with Crippen LogP contribution in [-0.2, 0) is 29.3 Å². The molecular weight excluding hydrogens is 338 g/mol. The Bertz CT molecular complexity index is 1030. The van der Waals surface area contributed by atoms with Crippen molar-refractivity contribution in [3.05, 3.63) is 90.0 Å². The molecule has 2 aromatic carbocycles. The van der Waals surface area contributed by atoms with Crippen LogP contribution in [-0.4, -0.2) is 21.6 Å². The molecule has 0 spiro atoms. The Morgan fingerprint density at radius 3 is 2.59 bits per heavy atom. The first-order valence-electron chi connectivity index (χ1n) is 8.84. The SMILES string of the molecule is COCc1ccc2c(c1)ncn2-c1cccc(COCc2cccnc2)c1. The Morgan fingerprint density at radius 1 is 0.889 bits per heavy atom. The van der Waals surface area contributed by atoms with Crippen LogP contribution in [0.1, 0.15) is 16.7 Å². The van der Waals surface area contributed by atoms with E-state index in [1.54, 1.807) is 13.3 Å². The Labute approximate surface area is 158 Å². The third-order valence-electron chi connectivity index (χ3n) is 4.37. The summed E-state index contributed by atoms with van der Waals surface area (Å²) in [6.07, 6.45) is 5.45. The van der Waals surface area contributed by atoms with E-state index in [2.05, 4.69) is 50.9 Å². The average molecular weight is 359 g/mol. The summed E-state index contributed by atoms with van der Waals surface area (Å²) in [6.45, 7) is 1.69. The number of aromatic nitrogens is 3. The quantitative estimate of drug-likeness (QED) is 0.494. The lowest BCUT2D eigenvalue weighted by Gasteiger charge is -2.09. The summed E-state index contributed by atoms with van der Waals surface area (Å²) in [5.41, 5.74) is 6.41. The van der Waals surface area contributed by atoms with Crippen LogP contribution in [0.3, 0.4) is 0 Å². The van der Waals surface area contributed by atoms with E-state index < -0.39 is 0 Å². The van der Waals surface area contributed by atoms with E-state index in [-0.39, 0.29) is 0 Å². The van der Waals surface area contributed by atoms with Gasteiger partial charge in [0, 0.05) is 25.2 Å². The zero-order chi connectivity index (χ0) is 18.5. The molecular formula is C22H21N3O2. The number of benzene rings is 2. The maximum absolute atomic E-state index is 5.83. The van der Waals surface area contributed by atoms with Gasteiger partial charge >= 0.3 is 0 Å². The van der Waals surface area contributed by atoms with Crippen molar-refractivity contribution in [3.8, 4) is 5.69 Å². The summed E-state index contributed by atoms with van der Waals surface area (Å²) in [6, 6.07) is 18.5. The fourth-order valence-electron chi connectivity index (χ4n) is 3.09. The number of methoxy groups -OCH3 is 1. The Hall–Kier alpha value is -3.02. The van der Waals surface area contributed by atoms with Gasteiger partial charge in [-0.3, -0.25) is 9.55 Å². The van der Waals surface area contributed by atoms with Crippen LogP contribution >= 0.6 is 0 Å². The molecule has 5 heteroatoms. The Kier molecular flexibility index (Phi) is 5.23. The largest absolute Gasteiger partial charge is 0.380 e. The molecule has 0 N–H and O–H groups in total. The van der Waals surface area contributed by atoms with Crippen molar-refractivity contribution in [2.75, 3.05) is 7.11 Å². The molecule has 136 valence electrons. The minimum absolute atomic E-state index is 0.549. The van der Waals surface area contributed by atoms with Gasteiger partial charge in [-0.05, 0) is 47.0 Å². The van der Waals surface area contributed by atoms with Gasteiger partial charge in [0.15, 0.2) is 0 Å². The molecule has 0 saturated carbocycles. The van der Waals surface area contributed by atoms with Gasteiger partial charge in [-0.2, -0.15) is 0 Å². The van der Waals surface area contributed by atoms with Crippen molar-refractivity contribution in [2.45, 2.75) is 19.8 Å². The van der Waals surface area contributed by atoms with Crippen molar-refractivity contribution in [1.29, 1.82) is 0 Å². The average Bonchev–Trinajstić information content (AvgIpc) is 3.13. The van der Waals surface area contributed by atoms with E-state index >= 15 is 0 Å². The topological polar surface area (TPSA) is 49.2 Å². The first-order valence-corrected chi connectivity index (χ1v) is 8.84. The highest BCUT2D eigenvalue weighted by molar-refractivity contribution is 5.78. The van der Waals surface area contributed by atoms with Crippen molar-refractivity contribution in [2.24, 2.45) is 0 Å². The van der Waals surface area contributed by atoms with Crippen LogP contribution in [0.25, 0.3) is 16.7 Å². The predicted octanol–water partition coefficient (Wildman–Crippen LogP) is 4.28. The molecule has 0 aliphatic heterocycles. The minimum atomic E-state index is 0.549. The maximum Gasteiger partial charge on any atom is 0.100 e. The van der Waals surface area contributed by atoms with E-state index in [0.717, 1.165) is 33.4 Å². The number of nitrogens with zero attached hydrogens (tertiary/aromatic N) is 3. The number of imidazole rings is 1. The minimum Gasteiger partial charge on any atom is -0.380 e. The van der Waals surface area contributed by atoms with Crippen LogP contribution in [0.2, 0.25) is 0 Å². The van der Waals surface area contributed by atoms with E-state index in [4.69, 9.17) is 9.47 Å². The molecule has 0 bridgehead atoms. The summed E-state index contributed by atoms with van der Waals surface area (Å²) in [7, 11) is 1.70. The van der Waals surface area contributed by atoms with E-state index in [0.29, 0.717) is 19.8 Å². The number of ether oxygens (including phenoxy) is 2. The second-order valence-corrected chi connectivity index (χ2v) is 6.39. The number of hydrogen-bond acceptors (Lipinski definition) is 4. The van der Waals surface area contributed by atoms with E-state index in [1.807, 2.05) is 30.7 Å². The fourth-order valence-corrected chi connectivity index (χ4v) is 3.09. The van der Waals surface area contributed by atoms with E-state index in [9.17, 15) is 0 Å². The molecule has 0 unspecified atom stereocenters. The van der Waals surface area contributed by atoms with Crippen molar-refractivity contribution in [3.63, 3.8) is 0 Å². The third-order valence-corrected chi connectivity index (χ3v) is 4.37. The molecule has 5 nitrogen and oxygen atoms in total. The number of rotatable bonds is 7. The lowest BCUT2D eigenvalue weighted by molar-refractivity contribution is 0.107. The van der Waals surface area contributed by atoms with Gasteiger partial charge < -0.3 is 9.47 Å². The number of fused-ring (bicyclic) bond motifs is 1. The molecule has 0 atom stereocenters. The standard InChI is InChI=1S/C22H21N3O2/c1-26-13-18-7-8-22-21(11-18)24-16-25(22)20-6-2-4-17(10-20)14-27-15-19-5-3-9-23-12-19/h2-12,16H,13-15H2,1H3. The molecule has 0 radical (unpaired) electrons. The van der Waals surface area contributed by atoms with Crippen molar-refractivity contribution < 1.29 is 9.47 Å². The summed E-state index contributed by atoms with van der Waals surface area (Å²) in [5, 5.41) is 0. The van der Waals surface area contributed by atoms with E-state index in [1.165, 1.54) is 0 Å². The smallest absolute Gasteiger partial charge is 0.100 e. The molecule has 2 heterocycles. The Balaban J connectivity index is 1.51. The molecule has 27 heavy (non-hydrogen) atoms. The van der Waals surface area contributed by atoms with Gasteiger partial charge in [0.2, 0.25) is 0 Å². The van der Waals surface area contributed by atoms with Crippen molar-refractivity contribution >= 4 is 11.0 Å². The van der Waals surface area contributed by atoms with Crippen LogP contribution in [0.4, 0.5) is 0 Å². The van der Waals surface area contributed by atoms with Gasteiger partial charge in [-0.1, -0.05) is 24.3 Å². The maximum atomic E-state index is 5.83. The van der Waals surface area contributed by atoms with Crippen LogP contribution in [0.15, 0.2) is 73.3 Å². The molecule has 2 aromatic heterocycles. The highest BCUT2D eigenvalue weighted by Gasteiger charge is 2.06. The van der Waals surface area contributed by atoms with Crippen LogP contribution in [0.5, 0.6) is 0 Å². The van der Waals surface area contributed by atoms with Gasteiger partial charge in [0.1, 0.15) is 6.33 Å². The number of pyridine rings is 1. The second kappa shape index (κ2) is 8.12. The molecule has 0 aliphatic carbocycles. The van der Waals surface area contributed by atoms with Crippen LogP contribution < -0.4 is 0 Å². The fraction of sp³-hybridized carbons (Fsp3) is 0.182. The summed E-state index contributed by atoms with van der Waals surface area (Å²) in [4.78, 5) is 8.65. The zero-order valence-corrected chi connectivity index (χ0v) is 15.2. The summed E-state index contributed by atoms with van der Waals surface area (Å²) in [5.74, 6) is 0. The van der Waals surface area contributed by atoms with Crippen LogP contribution in [0, 0.1) is 0 Å². The Morgan fingerprint density at radius 2 is 1.74 bits per heavy atom. The van der Waals surface area contributed by atoms with Gasteiger partial charge in [0.05, 0.1) is 30.9 Å². The first kappa shape index (κ1) is 17.4. The molecule has 4 aromatic rings. The molecule has 0 fully saturated rings. The lowest BCUT2D eigenvalue weighted by atomic mass is 10.2. The normalized spacial score (nSPS) is 11.1. The van der Waals surface area contributed by atoms with Gasteiger partial charge in [-0.15, -0.1) is 0 Å². The number of hydrogen-bond donors (Lipinski definition) is 0. The first-order chi connectivity index (χ1) is 13.3.